The van der Waals surface area contributed by atoms with Crippen molar-refractivity contribution in [3.05, 3.63) is 54.5 Å². The molecule has 1 saturated heterocycles. The number of aliphatic hydroxyl groups is 1. The zero-order valence-corrected chi connectivity index (χ0v) is 14.8. The van der Waals surface area contributed by atoms with E-state index in [0.717, 1.165) is 16.8 Å². The number of fused-ring (bicyclic) bond motifs is 1. The van der Waals surface area contributed by atoms with E-state index in [9.17, 15) is 15.0 Å². The van der Waals surface area contributed by atoms with E-state index < -0.39 is 5.54 Å². The summed E-state index contributed by atoms with van der Waals surface area (Å²) >= 11 is 0. The van der Waals surface area contributed by atoms with E-state index in [1.165, 1.54) is 0 Å². The Labute approximate surface area is 156 Å². The molecule has 140 valence electrons. The summed E-state index contributed by atoms with van der Waals surface area (Å²) in [7, 11) is 0. The van der Waals surface area contributed by atoms with Crippen molar-refractivity contribution < 1.29 is 24.1 Å². The predicted molar refractivity (Wildman–Crippen MR) is 98.4 cm³/mol. The number of benzene rings is 1. The fourth-order valence-electron chi connectivity index (χ4n) is 3.52. The number of rotatable bonds is 4. The van der Waals surface area contributed by atoms with Crippen molar-refractivity contribution in [3.8, 4) is 17.0 Å². The van der Waals surface area contributed by atoms with Gasteiger partial charge in [0.1, 0.15) is 5.75 Å². The maximum absolute atomic E-state index is 13.0. The number of pyridine rings is 1. The standard InChI is InChI=1S/C20H21N3O4/c24-13-20(7-10-27-11-8-20)22-19(26)18-21-17(14-4-3-5-15(25)12-14)16-6-1-2-9-23(16)18/h1-6,9,12,24H,7-8,10-11,13H2,(H2,22,25,26)/p+1. The molecule has 1 aliphatic heterocycles. The van der Waals surface area contributed by atoms with Crippen molar-refractivity contribution in [2.24, 2.45) is 0 Å². The molecule has 4 N–H and O–H groups in total. The minimum atomic E-state index is -0.673. The second kappa shape index (κ2) is 7.02. The van der Waals surface area contributed by atoms with Crippen molar-refractivity contribution >= 4 is 11.4 Å². The van der Waals surface area contributed by atoms with Crippen LogP contribution in [0.2, 0.25) is 0 Å². The number of hydrogen-bond donors (Lipinski definition) is 4. The summed E-state index contributed by atoms with van der Waals surface area (Å²) in [6.07, 6.45) is 2.94. The highest BCUT2D eigenvalue weighted by Crippen LogP contribution is 2.25. The van der Waals surface area contributed by atoms with Gasteiger partial charge in [-0.2, -0.15) is 4.40 Å². The third-order valence-corrected chi connectivity index (χ3v) is 5.08. The molecule has 1 aromatic carbocycles. The molecule has 1 amide bonds. The number of amides is 1. The Balaban J connectivity index is 1.75. The molecule has 0 radical (unpaired) electrons. The smallest absolute Gasteiger partial charge is 0.351 e. The number of phenols is 1. The lowest BCUT2D eigenvalue weighted by molar-refractivity contribution is -0.514. The van der Waals surface area contributed by atoms with E-state index in [1.54, 1.807) is 22.6 Å². The number of imidazole rings is 1. The number of aliphatic hydroxyl groups excluding tert-OH is 1. The Bertz CT molecular complexity index is 976. The van der Waals surface area contributed by atoms with Crippen LogP contribution < -0.4 is 9.72 Å². The Hall–Kier alpha value is -2.90. The monoisotopic (exact) mass is 368 g/mol. The van der Waals surface area contributed by atoms with E-state index >= 15 is 0 Å². The van der Waals surface area contributed by atoms with E-state index in [4.69, 9.17) is 4.74 Å². The van der Waals surface area contributed by atoms with Gasteiger partial charge in [0.05, 0.1) is 18.3 Å². The summed E-state index contributed by atoms with van der Waals surface area (Å²) in [5.74, 6) is 0.227. The topological polar surface area (TPSA) is 98.7 Å². The number of ether oxygens (including phenoxy) is 1. The molecular formula is C20H22N3O4+. The molecule has 7 nitrogen and oxygen atoms in total. The number of nitrogens with zero attached hydrogens (tertiary/aromatic N) is 1. The van der Waals surface area contributed by atoms with Crippen molar-refractivity contribution in [1.29, 1.82) is 0 Å². The molecule has 1 fully saturated rings. The summed E-state index contributed by atoms with van der Waals surface area (Å²) < 4.78 is 7.14. The molecule has 7 heteroatoms. The molecule has 4 rings (SSSR count). The van der Waals surface area contributed by atoms with Crippen LogP contribution >= 0.6 is 0 Å². The maximum atomic E-state index is 13.0. The molecule has 0 spiro atoms. The van der Waals surface area contributed by atoms with Gasteiger partial charge < -0.3 is 20.3 Å². The van der Waals surface area contributed by atoms with Crippen LogP contribution in [0.4, 0.5) is 0 Å². The quantitative estimate of drug-likeness (QED) is 0.523. The van der Waals surface area contributed by atoms with Crippen molar-refractivity contribution in [2.75, 3.05) is 19.8 Å². The number of carbonyl (C=O) groups excluding carboxylic acids is 1. The number of nitrogens with one attached hydrogen (secondary N) is 2. The minimum Gasteiger partial charge on any atom is -0.508 e. The SMILES string of the molecule is O=C(NC1(CO)CCOCC1)c1[nH]c(-c2cccc(O)c2)c2cccc[n+]12. The molecule has 0 saturated carbocycles. The van der Waals surface area contributed by atoms with Gasteiger partial charge in [-0.3, -0.25) is 4.79 Å². The van der Waals surface area contributed by atoms with Crippen LogP contribution in [-0.4, -0.2) is 46.5 Å². The molecule has 27 heavy (non-hydrogen) atoms. The summed E-state index contributed by atoms with van der Waals surface area (Å²) in [5.41, 5.74) is 1.66. The predicted octanol–water partition coefficient (Wildman–Crippen LogP) is 1.40. The number of hydrogen-bond acceptors (Lipinski definition) is 4. The normalized spacial score (nSPS) is 16.3. The lowest BCUT2D eigenvalue weighted by Crippen LogP contribution is -2.55. The van der Waals surface area contributed by atoms with Crippen LogP contribution in [-0.2, 0) is 4.74 Å². The molecule has 0 atom stereocenters. The van der Waals surface area contributed by atoms with Crippen molar-refractivity contribution in [2.45, 2.75) is 18.4 Å². The summed E-state index contributed by atoms with van der Waals surface area (Å²) in [6.45, 7) is 0.882. The minimum absolute atomic E-state index is 0.134. The van der Waals surface area contributed by atoms with Gasteiger partial charge in [0, 0.05) is 18.8 Å². The molecule has 0 bridgehead atoms. The lowest BCUT2D eigenvalue weighted by atomic mass is 9.91. The second-order valence-corrected chi connectivity index (χ2v) is 6.86. The molecule has 0 aliphatic carbocycles. The molecule has 0 unspecified atom stereocenters. The highest BCUT2D eigenvalue weighted by Gasteiger charge is 2.37. The Morgan fingerprint density at radius 2 is 2.04 bits per heavy atom. The number of carbonyl (C=O) groups is 1. The molecule has 3 heterocycles. The summed E-state index contributed by atoms with van der Waals surface area (Å²) in [6, 6.07) is 12.5. The third kappa shape index (κ3) is 3.27. The average Bonchev–Trinajstić information content (AvgIpc) is 3.09. The van der Waals surface area contributed by atoms with E-state index in [0.29, 0.717) is 31.9 Å². The largest absolute Gasteiger partial charge is 0.508 e. The summed E-state index contributed by atoms with van der Waals surface area (Å²) in [4.78, 5) is 16.2. The van der Waals surface area contributed by atoms with E-state index in [-0.39, 0.29) is 18.3 Å². The Kier molecular flexibility index (Phi) is 4.55. The zero-order chi connectivity index (χ0) is 18.9. The van der Waals surface area contributed by atoms with Gasteiger partial charge in [-0.25, -0.2) is 4.98 Å². The fraction of sp³-hybridized carbons (Fsp3) is 0.300. The molecule has 1 aliphatic rings. The first-order valence-electron chi connectivity index (χ1n) is 8.95. The number of H-pyrrole nitrogens is 1. The van der Waals surface area contributed by atoms with Gasteiger partial charge in [-0.1, -0.05) is 18.2 Å². The van der Waals surface area contributed by atoms with Gasteiger partial charge in [-0.05, 0) is 37.1 Å². The van der Waals surface area contributed by atoms with Gasteiger partial charge in [-0.15, -0.1) is 0 Å². The van der Waals surface area contributed by atoms with Crippen molar-refractivity contribution in [1.82, 2.24) is 10.3 Å². The van der Waals surface area contributed by atoms with Crippen LogP contribution in [0.5, 0.6) is 5.75 Å². The lowest BCUT2D eigenvalue weighted by Gasteiger charge is -2.35. The van der Waals surface area contributed by atoms with Crippen LogP contribution in [0.15, 0.2) is 48.7 Å². The number of aromatic amines is 1. The highest BCUT2D eigenvalue weighted by molar-refractivity contribution is 5.92. The molecule has 3 aromatic rings. The number of aromatic nitrogens is 2. The van der Waals surface area contributed by atoms with Crippen molar-refractivity contribution in [3.63, 3.8) is 0 Å². The first-order chi connectivity index (χ1) is 13.1. The van der Waals surface area contributed by atoms with Crippen LogP contribution in [0.1, 0.15) is 23.5 Å². The first-order valence-corrected chi connectivity index (χ1v) is 8.95. The van der Waals surface area contributed by atoms with Gasteiger partial charge in [0.25, 0.3) is 0 Å². The highest BCUT2D eigenvalue weighted by atomic mass is 16.5. The average molecular weight is 368 g/mol. The van der Waals surface area contributed by atoms with Gasteiger partial charge in [0.2, 0.25) is 0 Å². The zero-order valence-electron chi connectivity index (χ0n) is 14.8. The fourth-order valence-corrected chi connectivity index (χ4v) is 3.52. The van der Waals surface area contributed by atoms with E-state index in [2.05, 4.69) is 10.3 Å². The third-order valence-electron chi connectivity index (χ3n) is 5.08. The Morgan fingerprint density at radius 3 is 2.78 bits per heavy atom. The van der Waals surface area contributed by atoms with Crippen LogP contribution in [0.25, 0.3) is 16.8 Å². The van der Waals surface area contributed by atoms with Crippen LogP contribution in [0.3, 0.4) is 0 Å². The van der Waals surface area contributed by atoms with Gasteiger partial charge >= 0.3 is 11.7 Å². The number of aromatic hydroxyl groups is 1. The molecular weight excluding hydrogens is 346 g/mol. The molecule has 2 aromatic heterocycles. The van der Waals surface area contributed by atoms with Gasteiger partial charge in [0.15, 0.2) is 11.2 Å². The van der Waals surface area contributed by atoms with Crippen LogP contribution in [0, 0.1) is 0 Å². The van der Waals surface area contributed by atoms with E-state index in [1.807, 2.05) is 30.5 Å². The Morgan fingerprint density at radius 1 is 1.22 bits per heavy atom. The first kappa shape index (κ1) is 17.5. The summed E-state index contributed by atoms with van der Waals surface area (Å²) in [5, 5.41) is 22.7. The number of phenolic OH excluding ortho intramolecular Hbond substituents is 1. The maximum Gasteiger partial charge on any atom is 0.351 e. The second-order valence-electron chi connectivity index (χ2n) is 6.86.